The molecule has 9 heteroatoms. The lowest BCUT2D eigenvalue weighted by Crippen LogP contribution is -2.19. The number of rotatable bonds is 5. The van der Waals surface area contributed by atoms with Gasteiger partial charge in [-0.25, -0.2) is 4.98 Å². The van der Waals surface area contributed by atoms with Gasteiger partial charge in [-0.3, -0.25) is 9.20 Å². The molecule has 0 saturated heterocycles. The molecule has 0 aliphatic carbocycles. The number of amides is 1. The summed E-state index contributed by atoms with van der Waals surface area (Å²) in [6.45, 7) is -1.35. The quantitative estimate of drug-likeness (QED) is 0.762. The predicted octanol–water partition coefficient (Wildman–Crippen LogP) is 3.52. The Balaban J connectivity index is 1.55. The average Bonchev–Trinajstić information content (AvgIpc) is 3.06. The van der Waals surface area contributed by atoms with Gasteiger partial charge in [-0.05, 0) is 24.3 Å². The third-order valence-electron chi connectivity index (χ3n) is 3.03. The Labute approximate surface area is 138 Å². The monoisotopic (exact) mass is 355 g/mol. The van der Waals surface area contributed by atoms with Crippen molar-refractivity contribution in [2.45, 2.75) is 12.6 Å². The Morgan fingerprint density at radius 1 is 1.29 bits per heavy atom. The van der Waals surface area contributed by atoms with E-state index in [4.69, 9.17) is 0 Å². The summed E-state index contributed by atoms with van der Waals surface area (Å²) in [5.41, 5.74) is 1.12. The average molecular weight is 355 g/mol. The zero-order valence-corrected chi connectivity index (χ0v) is 13.0. The van der Waals surface area contributed by atoms with Crippen LogP contribution in [0.5, 0.6) is 5.75 Å². The van der Waals surface area contributed by atoms with Gasteiger partial charge in [0, 0.05) is 23.5 Å². The Hall–Kier alpha value is -2.55. The number of halogens is 3. The van der Waals surface area contributed by atoms with Crippen molar-refractivity contribution in [3.63, 3.8) is 0 Å². The van der Waals surface area contributed by atoms with Crippen molar-refractivity contribution in [2.24, 2.45) is 0 Å². The van der Waals surface area contributed by atoms with Gasteiger partial charge in [0.25, 0.3) is 0 Å². The van der Waals surface area contributed by atoms with Gasteiger partial charge in [0.2, 0.25) is 5.91 Å². The molecule has 0 atom stereocenters. The lowest BCUT2D eigenvalue weighted by molar-refractivity contribution is -0.153. The lowest BCUT2D eigenvalue weighted by Gasteiger charge is -2.10. The molecule has 0 bridgehead atoms. The molecule has 0 aliphatic heterocycles. The number of carbonyl (C=O) groups excluding carboxylic acids is 1. The smallest absolute Gasteiger partial charge is 0.422 e. The Bertz CT molecular complexity index is 811. The number of alkyl halides is 3. The minimum absolute atomic E-state index is 0.0830. The number of carbonyl (C=O) groups is 1. The van der Waals surface area contributed by atoms with Gasteiger partial charge in [-0.15, -0.1) is 11.3 Å². The third kappa shape index (κ3) is 4.25. The first kappa shape index (κ1) is 16.3. The second-order valence-corrected chi connectivity index (χ2v) is 5.85. The van der Waals surface area contributed by atoms with Crippen LogP contribution in [-0.2, 0) is 11.2 Å². The van der Waals surface area contributed by atoms with Crippen molar-refractivity contribution in [3.8, 4) is 5.75 Å². The number of aromatic nitrogens is 2. The first-order valence-electron chi connectivity index (χ1n) is 6.89. The summed E-state index contributed by atoms with van der Waals surface area (Å²) in [7, 11) is 0. The van der Waals surface area contributed by atoms with Crippen molar-refractivity contribution in [3.05, 3.63) is 47.7 Å². The van der Waals surface area contributed by atoms with Gasteiger partial charge in [0.05, 0.1) is 12.1 Å². The van der Waals surface area contributed by atoms with Crippen molar-refractivity contribution in [2.75, 3.05) is 11.9 Å². The van der Waals surface area contributed by atoms with Crippen LogP contribution in [-0.4, -0.2) is 28.1 Å². The van der Waals surface area contributed by atoms with Crippen molar-refractivity contribution in [1.82, 2.24) is 9.38 Å². The molecule has 24 heavy (non-hydrogen) atoms. The summed E-state index contributed by atoms with van der Waals surface area (Å²) in [4.78, 5) is 17.1. The van der Waals surface area contributed by atoms with E-state index >= 15 is 0 Å². The van der Waals surface area contributed by atoms with Crippen LogP contribution in [0.15, 0.2) is 42.0 Å². The second kappa shape index (κ2) is 6.52. The fourth-order valence-electron chi connectivity index (χ4n) is 2.03. The van der Waals surface area contributed by atoms with Crippen molar-refractivity contribution in [1.29, 1.82) is 0 Å². The number of ether oxygens (including phenoxy) is 1. The molecule has 1 amide bonds. The first-order valence-corrected chi connectivity index (χ1v) is 7.77. The molecule has 1 N–H and O–H groups in total. The summed E-state index contributed by atoms with van der Waals surface area (Å²) in [5.74, 6) is -0.177. The molecule has 0 aliphatic rings. The van der Waals surface area contributed by atoms with Crippen LogP contribution in [0, 0.1) is 0 Å². The summed E-state index contributed by atoms with van der Waals surface area (Å²) < 4.78 is 42.6. The summed E-state index contributed by atoms with van der Waals surface area (Å²) in [6, 6.07) is 5.70. The highest BCUT2D eigenvalue weighted by Gasteiger charge is 2.28. The van der Waals surface area contributed by atoms with Gasteiger partial charge in [-0.1, -0.05) is 0 Å². The summed E-state index contributed by atoms with van der Waals surface area (Å²) in [6.07, 6.45) is -0.639. The number of benzene rings is 1. The number of anilines is 1. The van der Waals surface area contributed by atoms with E-state index in [-0.39, 0.29) is 18.1 Å². The first-order chi connectivity index (χ1) is 11.4. The SMILES string of the molecule is O=C(Cc1cn2ccsc2n1)Nc1ccc(OCC(F)(F)F)cc1. The van der Waals surface area contributed by atoms with Gasteiger partial charge in [-0.2, -0.15) is 13.2 Å². The maximum Gasteiger partial charge on any atom is 0.422 e. The molecule has 3 rings (SSSR count). The van der Waals surface area contributed by atoms with E-state index in [0.29, 0.717) is 11.4 Å². The van der Waals surface area contributed by atoms with E-state index in [1.807, 2.05) is 16.0 Å². The molecule has 1 aromatic carbocycles. The van der Waals surface area contributed by atoms with Gasteiger partial charge < -0.3 is 10.1 Å². The highest BCUT2D eigenvalue weighted by atomic mass is 32.1. The minimum atomic E-state index is -4.38. The molecular weight excluding hydrogens is 343 g/mol. The topological polar surface area (TPSA) is 55.6 Å². The Morgan fingerprint density at radius 2 is 2.04 bits per heavy atom. The summed E-state index contributed by atoms with van der Waals surface area (Å²) in [5, 5.41) is 4.56. The van der Waals surface area contributed by atoms with E-state index in [2.05, 4.69) is 15.0 Å². The fraction of sp³-hybridized carbons (Fsp3) is 0.200. The number of nitrogens with one attached hydrogen (secondary N) is 1. The minimum Gasteiger partial charge on any atom is -0.484 e. The number of imidazole rings is 1. The molecule has 2 heterocycles. The van der Waals surface area contributed by atoms with Crippen LogP contribution >= 0.6 is 11.3 Å². The van der Waals surface area contributed by atoms with E-state index < -0.39 is 12.8 Å². The van der Waals surface area contributed by atoms with Crippen LogP contribution in [0.4, 0.5) is 18.9 Å². The maximum atomic E-state index is 12.1. The highest BCUT2D eigenvalue weighted by Crippen LogP contribution is 2.20. The zero-order valence-electron chi connectivity index (χ0n) is 12.2. The van der Waals surface area contributed by atoms with Crippen molar-refractivity contribution < 1.29 is 22.7 Å². The molecule has 0 radical (unpaired) electrons. The zero-order chi connectivity index (χ0) is 17.2. The van der Waals surface area contributed by atoms with E-state index in [9.17, 15) is 18.0 Å². The molecule has 3 aromatic rings. The Morgan fingerprint density at radius 3 is 2.71 bits per heavy atom. The standard InChI is InChI=1S/C15H12F3N3O2S/c16-15(17,18)9-23-12-3-1-10(2-4-12)19-13(22)7-11-8-21-5-6-24-14(21)20-11/h1-6,8H,7,9H2,(H,19,22). The van der Waals surface area contributed by atoms with Crippen LogP contribution in [0.2, 0.25) is 0 Å². The number of hydrogen-bond acceptors (Lipinski definition) is 4. The largest absolute Gasteiger partial charge is 0.484 e. The van der Waals surface area contributed by atoms with Crippen LogP contribution in [0.25, 0.3) is 4.96 Å². The van der Waals surface area contributed by atoms with E-state index in [1.54, 1.807) is 6.20 Å². The number of hydrogen-bond donors (Lipinski definition) is 1. The lowest BCUT2D eigenvalue weighted by atomic mass is 10.2. The number of fused-ring (bicyclic) bond motifs is 1. The molecule has 0 spiro atoms. The number of nitrogens with zero attached hydrogens (tertiary/aromatic N) is 2. The second-order valence-electron chi connectivity index (χ2n) is 4.98. The molecule has 0 unspecified atom stereocenters. The summed E-state index contributed by atoms with van der Waals surface area (Å²) >= 11 is 1.47. The Kier molecular flexibility index (Phi) is 4.43. The molecule has 5 nitrogen and oxygen atoms in total. The van der Waals surface area contributed by atoms with Crippen molar-refractivity contribution >= 4 is 27.9 Å². The van der Waals surface area contributed by atoms with Crippen LogP contribution in [0.1, 0.15) is 5.69 Å². The van der Waals surface area contributed by atoms with Crippen LogP contribution < -0.4 is 10.1 Å². The normalized spacial score (nSPS) is 11.6. The molecule has 0 fully saturated rings. The van der Waals surface area contributed by atoms with Gasteiger partial charge in [0.15, 0.2) is 11.6 Å². The van der Waals surface area contributed by atoms with Gasteiger partial charge in [0.1, 0.15) is 5.75 Å². The molecule has 0 saturated carbocycles. The van der Waals surface area contributed by atoms with E-state index in [1.165, 1.54) is 35.6 Å². The van der Waals surface area contributed by atoms with Crippen LogP contribution in [0.3, 0.4) is 0 Å². The van der Waals surface area contributed by atoms with E-state index in [0.717, 1.165) is 4.96 Å². The molecule has 126 valence electrons. The molecular formula is C15H12F3N3O2S. The molecule has 2 aromatic heterocycles. The highest BCUT2D eigenvalue weighted by molar-refractivity contribution is 7.15. The fourth-order valence-corrected chi connectivity index (χ4v) is 2.75. The third-order valence-corrected chi connectivity index (χ3v) is 3.80. The number of thiazole rings is 1. The van der Waals surface area contributed by atoms with Gasteiger partial charge >= 0.3 is 6.18 Å². The maximum absolute atomic E-state index is 12.1. The predicted molar refractivity (Wildman–Crippen MR) is 83.4 cm³/mol.